The molecular formula is C22H21FN2O2. The Morgan fingerprint density at radius 3 is 2.37 bits per heavy atom. The largest absolute Gasteiger partial charge is 0.444 e. The van der Waals surface area contributed by atoms with Crippen LogP contribution in [0.3, 0.4) is 0 Å². The van der Waals surface area contributed by atoms with Gasteiger partial charge in [0.2, 0.25) is 0 Å². The normalized spacial score (nSPS) is 10.4. The first-order valence-electron chi connectivity index (χ1n) is 8.62. The molecule has 0 fully saturated rings. The monoisotopic (exact) mass is 364 g/mol. The molecule has 4 nitrogen and oxygen atoms in total. The molecular weight excluding hydrogens is 343 g/mol. The minimum absolute atomic E-state index is 0.174. The van der Waals surface area contributed by atoms with Crippen molar-refractivity contribution in [1.29, 1.82) is 0 Å². The second kappa shape index (κ2) is 8.36. The lowest BCUT2D eigenvalue weighted by Gasteiger charge is -2.23. The van der Waals surface area contributed by atoms with Gasteiger partial charge in [0.1, 0.15) is 12.4 Å². The minimum Gasteiger partial charge on any atom is -0.444 e. The van der Waals surface area contributed by atoms with E-state index in [-0.39, 0.29) is 19.0 Å². The number of aryl methyl sites for hydroxylation is 1. The zero-order chi connectivity index (χ0) is 19.2. The molecule has 0 aliphatic heterocycles. The number of nitrogens with zero attached hydrogens (tertiary/aromatic N) is 1. The number of hydrogen-bond acceptors (Lipinski definition) is 3. The van der Waals surface area contributed by atoms with Crippen LogP contribution >= 0.6 is 0 Å². The summed E-state index contributed by atoms with van der Waals surface area (Å²) in [6.07, 6.45) is -0.479. The van der Waals surface area contributed by atoms with Crippen LogP contribution in [0.5, 0.6) is 0 Å². The summed E-state index contributed by atoms with van der Waals surface area (Å²) in [5.41, 5.74) is 9.78. The Bertz CT molecular complexity index is 911. The van der Waals surface area contributed by atoms with E-state index in [1.165, 1.54) is 17.0 Å². The predicted octanol–water partition coefficient (Wildman–Crippen LogP) is 5.06. The second-order valence-electron chi connectivity index (χ2n) is 6.29. The molecule has 1 amide bonds. The van der Waals surface area contributed by atoms with Gasteiger partial charge in [-0.3, -0.25) is 4.90 Å². The molecule has 0 heterocycles. The summed E-state index contributed by atoms with van der Waals surface area (Å²) in [5, 5.41) is 0. The Kier molecular flexibility index (Phi) is 5.71. The third-order valence-electron chi connectivity index (χ3n) is 4.24. The average molecular weight is 364 g/mol. The Labute approximate surface area is 158 Å². The van der Waals surface area contributed by atoms with Crippen molar-refractivity contribution in [3.8, 4) is 0 Å². The quantitative estimate of drug-likeness (QED) is 0.644. The van der Waals surface area contributed by atoms with Gasteiger partial charge >= 0.3 is 6.09 Å². The van der Waals surface area contributed by atoms with Gasteiger partial charge in [-0.05, 0) is 53.9 Å². The van der Waals surface area contributed by atoms with Crippen LogP contribution in [0, 0.1) is 12.7 Å². The van der Waals surface area contributed by atoms with E-state index in [1.807, 2.05) is 43.3 Å². The summed E-state index contributed by atoms with van der Waals surface area (Å²) in [6.45, 7) is 2.31. The summed E-state index contributed by atoms with van der Waals surface area (Å²) < 4.78 is 18.7. The SMILES string of the molecule is Cc1cc(N(Cc2ccc(F)cc2)C(=O)OCc2ccccc2)ccc1N. The maximum absolute atomic E-state index is 13.2. The summed E-state index contributed by atoms with van der Waals surface area (Å²) in [6, 6.07) is 20.9. The van der Waals surface area contributed by atoms with Gasteiger partial charge in [-0.2, -0.15) is 0 Å². The van der Waals surface area contributed by atoms with Gasteiger partial charge < -0.3 is 10.5 Å². The molecule has 27 heavy (non-hydrogen) atoms. The summed E-state index contributed by atoms with van der Waals surface area (Å²) in [5.74, 6) is -0.319. The minimum atomic E-state index is -0.479. The first-order chi connectivity index (χ1) is 13.0. The molecule has 3 rings (SSSR count). The maximum Gasteiger partial charge on any atom is 0.414 e. The van der Waals surface area contributed by atoms with Crippen LogP contribution in [0.15, 0.2) is 72.8 Å². The fourth-order valence-corrected chi connectivity index (χ4v) is 2.66. The van der Waals surface area contributed by atoms with Crippen LogP contribution < -0.4 is 10.6 Å². The Morgan fingerprint density at radius 2 is 1.70 bits per heavy atom. The van der Waals surface area contributed by atoms with Crippen molar-refractivity contribution in [3.63, 3.8) is 0 Å². The van der Waals surface area contributed by atoms with Crippen molar-refractivity contribution in [3.05, 3.63) is 95.3 Å². The first kappa shape index (κ1) is 18.5. The molecule has 138 valence electrons. The third kappa shape index (κ3) is 4.85. The molecule has 0 radical (unpaired) electrons. The number of rotatable bonds is 5. The van der Waals surface area contributed by atoms with Crippen LogP contribution in [0.4, 0.5) is 20.6 Å². The second-order valence-corrected chi connectivity index (χ2v) is 6.29. The lowest BCUT2D eigenvalue weighted by molar-refractivity contribution is 0.146. The number of amides is 1. The number of carbonyl (C=O) groups excluding carboxylic acids is 1. The number of halogens is 1. The van der Waals surface area contributed by atoms with Crippen LogP contribution in [0.2, 0.25) is 0 Å². The van der Waals surface area contributed by atoms with Crippen molar-refractivity contribution in [2.75, 3.05) is 10.6 Å². The van der Waals surface area contributed by atoms with Gasteiger partial charge in [0.25, 0.3) is 0 Å². The molecule has 0 saturated carbocycles. The number of ether oxygens (including phenoxy) is 1. The Morgan fingerprint density at radius 1 is 1.00 bits per heavy atom. The molecule has 2 N–H and O–H groups in total. The highest BCUT2D eigenvalue weighted by atomic mass is 19.1. The lowest BCUT2D eigenvalue weighted by Crippen LogP contribution is -2.31. The molecule has 0 saturated heterocycles. The van der Waals surface area contributed by atoms with E-state index in [9.17, 15) is 9.18 Å². The van der Waals surface area contributed by atoms with Gasteiger partial charge in [-0.25, -0.2) is 9.18 Å². The molecule has 3 aromatic carbocycles. The zero-order valence-electron chi connectivity index (χ0n) is 15.1. The van der Waals surface area contributed by atoms with Crippen LogP contribution in [-0.4, -0.2) is 6.09 Å². The van der Waals surface area contributed by atoms with E-state index in [2.05, 4.69) is 0 Å². The molecule has 0 aliphatic rings. The highest BCUT2D eigenvalue weighted by molar-refractivity contribution is 5.88. The summed E-state index contributed by atoms with van der Waals surface area (Å²) >= 11 is 0. The van der Waals surface area contributed by atoms with Gasteiger partial charge in [-0.15, -0.1) is 0 Å². The number of nitrogen functional groups attached to an aromatic ring is 1. The maximum atomic E-state index is 13.2. The molecule has 5 heteroatoms. The number of nitrogens with two attached hydrogens (primary N) is 1. The van der Waals surface area contributed by atoms with Gasteiger partial charge in [0.05, 0.1) is 6.54 Å². The van der Waals surface area contributed by atoms with Crippen LogP contribution in [0.1, 0.15) is 16.7 Å². The number of benzene rings is 3. The van der Waals surface area contributed by atoms with E-state index in [0.717, 1.165) is 16.7 Å². The molecule has 0 spiro atoms. The highest BCUT2D eigenvalue weighted by Gasteiger charge is 2.19. The van der Waals surface area contributed by atoms with Gasteiger partial charge in [-0.1, -0.05) is 42.5 Å². The van der Waals surface area contributed by atoms with Crippen molar-refractivity contribution < 1.29 is 13.9 Å². The van der Waals surface area contributed by atoms with Crippen molar-refractivity contribution >= 4 is 17.5 Å². The molecule has 3 aromatic rings. The standard InChI is InChI=1S/C22H21FN2O2/c1-16-13-20(11-12-21(16)24)25(14-17-7-9-19(23)10-8-17)22(26)27-15-18-5-3-2-4-6-18/h2-13H,14-15,24H2,1H3. The summed E-state index contributed by atoms with van der Waals surface area (Å²) in [4.78, 5) is 14.3. The van der Waals surface area contributed by atoms with E-state index in [4.69, 9.17) is 10.5 Å². The van der Waals surface area contributed by atoms with E-state index >= 15 is 0 Å². The average Bonchev–Trinajstić information content (AvgIpc) is 2.69. The van der Waals surface area contributed by atoms with Crippen molar-refractivity contribution in [1.82, 2.24) is 0 Å². The fourth-order valence-electron chi connectivity index (χ4n) is 2.66. The molecule has 0 aromatic heterocycles. The number of anilines is 2. The lowest BCUT2D eigenvalue weighted by atomic mass is 10.1. The molecule has 0 aliphatic carbocycles. The molecule has 0 unspecified atom stereocenters. The van der Waals surface area contributed by atoms with Crippen molar-refractivity contribution in [2.24, 2.45) is 0 Å². The van der Waals surface area contributed by atoms with E-state index < -0.39 is 6.09 Å². The van der Waals surface area contributed by atoms with E-state index in [0.29, 0.717) is 11.4 Å². The molecule has 0 bridgehead atoms. The summed E-state index contributed by atoms with van der Waals surface area (Å²) in [7, 11) is 0. The smallest absolute Gasteiger partial charge is 0.414 e. The Hall–Kier alpha value is -3.34. The Balaban J connectivity index is 1.82. The fraction of sp³-hybridized carbons (Fsp3) is 0.136. The third-order valence-corrected chi connectivity index (χ3v) is 4.24. The molecule has 0 atom stereocenters. The number of hydrogen-bond donors (Lipinski definition) is 1. The topological polar surface area (TPSA) is 55.6 Å². The predicted molar refractivity (Wildman–Crippen MR) is 105 cm³/mol. The van der Waals surface area contributed by atoms with Crippen LogP contribution in [-0.2, 0) is 17.9 Å². The van der Waals surface area contributed by atoms with Crippen LogP contribution in [0.25, 0.3) is 0 Å². The van der Waals surface area contributed by atoms with Gasteiger partial charge in [0, 0.05) is 11.4 Å². The zero-order valence-corrected chi connectivity index (χ0v) is 15.1. The van der Waals surface area contributed by atoms with Crippen molar-refractivity contribution in [2.45, 2.75) is 20.1 Å². The highest BCUT2D eigenvalue weighted by Crippen LogP contribution is 2.23. The van der Waals surface area contributed by atoms with Gasteiger partial charge in [0.15, 0.2) is 0 Å². The first-order valence-corrected chi connectivity index (χ1v) is 8.62. The van der Waals surface area contributed by atoms with E-state index in [1.54, 1.807) is 24.3 Å². The number of carbonyl (C=O) groups is 1.